The Balaban J connectivity index is 0. The molecule has 0 fully saturated rings. The average Bonchev–Trinajstić information content (AvgIpc) is 1.89. The summed E-state index contributed by atoms with van der Waals surface area (Å²) < 4.78 is 45.2. The van der Waals surface area contributed by atoms with Crippen LogP contribution in [0.15, 0.2) is 10.9 Å². The summed E-state index contributed by atoms with van der Waals surface area (Å²) in [5.74, 6) is -2.23. The number of hydrogen-bond acceptors (Lipinski definition) is 0. The van der Waals surface area contributed by atoms with Crippen LogP contribution in [0.5, 0.6) is 0 Å². The summed E-state index contributed by atoms with van der Waals surface area (Å²) in [5.41, 5.74) is 0. The predicted octanol–water partition coefficient (Wildman–Crippen LogP) is 4.01. The van der Waals surface area contributed by atoms with Crippen LogP contribution in [0, 0.1) is 0 Å². The van der Waals surface area contributed by atoms with Crippen LogP contribution in [-0.4, -0.2) is 6.18 Å². The highest BCUT2D eigenvalue weighted by molar-refractivity contribution is 6.29. The molecule has 0 radical (unpaired) electrons. The first-order valence-electron chi connectivity index (χ1n) is 2.94. The lowest BCUT2D eigenvalue weighted by molar-refractivity contribution is -0.109. The molecule has 0 atom stereocenters. The third-order valence-corrected chi connectivity index (χ3v) is 0.717. The standard InChI is InChI=1S/C4H3ClF4.C2H6/c1-2(5)3(6)4(7,8)9;1-2/h1H3;1-2H3/b3-2-;. The van der Waals surface area contributed by atoms with Gasteiger partial charge in [-0.1, -0.05) is 25.4 Å². The van der Waals surface area contributed by atoms with Gasteiger partial charge in [0.05, 0.1) is 5.03 Å². The summed E-state index contributed by atoms with van der Waals surface area (Å²) in [7, 11) is 0. The summed E-state index contributed by atoms with van der Waals surface area (Å²) in [4.78, 5) is 0. The maximum absolute atomic E-state index is 11.7. The fourth-order valence-corrected chi connectivity index (χ4v) is 0.302. The van der Waals surface area contributed by atoms with Crippen LogP contribution in [0.4, 0.5) is 17.6 Å². The molecule has 0 aliphatic carbocycles. The lowest BCUT2D eigenvalue weighted by Gasteiger charge is -2.01. The number of alkyl halides is 3. The molecular weight excluding hydrogens is 184 g/mol. The first kappa shape index (κ1) is 13.3. The molecule has 0 aliphatic rings. The molecule has 11 heavy (non-hydrogen) atoms. The van der Waals surface area contributed by atoms with Gasteiger partial charge in [0.15, 0.2) is 0 Å². The van der Waals surface area contributed by atoms with Crippen LogP contribution in [0.1, 0.15) is 20.8 Å². The Bertz CT molecular complexity index is 132. The van der Waals surface area contributed by atoms with Crippen molar-refractivity contribution in [3.63, 3.8) is 0 Å². The van der Waals surface area contributed by atoms with Crippen LogP contribution < -0.4 is 0 Å². The monoisotopic (exact) mass is 192 g/mol. The van der Waals surface area contributed by atoms with Crippen molar-refractivity contribution in [1.29, 1.82) is 0 Å². The average molecular weight is 193 g/mol. The summed E-state index contributed by atoms with van der Waals surface area (Å²) in [5, 5.41) is -0.873. The Morgan fingerprint density at radius 1 is 1.18 bits per heavy atom. The van der Waals surface area contributed by atoms with Gasteiger partial charge >= 0.3 is 6.18 Å². The fraction of sp³-hybridized carbons (Fsp3) is 0.667. The first-order valence-corrected chi connectivity index (χ1v) is 3.32. The van der Waals surface area contributed by atoms with Crippen LogP contribution in [0.25, 0.3) is 0 Å². The Kier molecular flexibility index (Phi) is 6.56. The molecule has 0 aromatic heterocycles. The Morgan fingerprint density at radius 2 is 1.45 bits per heavy atom. The van der Waals surface area contributed by atoms with Crippen LogP contribution in [0.3, 0.4) is 0 Å². The van der Waals surface area contributed by atoms with E-state index in [1.165, 1.54) is 0 Å². The molecule has 68 valence electrons. The smallest absolute Gasteiger partial charge is 0.200 e. The van der Waals surface area contributed by atoms with Crippen molar-refractivity contribution in [3.05, 3.63) is 10.9 Å². The van der Waals surface area contributed by atoms with E-state index in [4.69, 9.17) is 11.6 Å². The topological polar surface area (TPSA) is 0 Å². The summed E-state index contributed by atoms with van der Waals surface area (Å²) >= 11 is 4.70. The van der Waals surface area contributed by atoms with Crippen molar-refractivity contribution in [2.24, 2.45) is 0 Å². The Morgan fingerprint density at radius 3 is 1.45 bits per heavy atom. The van der Waals surface area contributed by atoms with E-state index >= 15 is 0 Å². The maximum atomic E-state index is 11.7. The zero-order valence-electron chi connectivity index (χ0n) is 6.39. The number of allylic oxidation sites excluding steroid dienone is 2. The van der Waals surface area contributed by atoms with Crippen molar-refractivity contribution >= 4 is 11.6 Å². The molecule has 0 spiro atoms. The lowest BCUT2D eigenvalue weighted by atomic mass is 10.5. The number of rotatable bonds is 0. The first-order chi connectivity index (χ1) is 4.85. The zero-order valence-corrected chi connectivity index (χ0v) is 7.15. The molecule has 0 aromatic carbocycles. The van der Waals surface area contributed by atoms with Crippen LogP contribution in [-0.2, 0) is 0 Å². The maximum Gasteiger partial charge on any atom is 0.444 e. The van der Waals surface area contributed by atoms with Gasteiger partial charge in [0, 0.05) is 0 Å². The number of hydrogen-bond donors (Lipinski definition) is 0. The second kappa shape index (κ2) is 5.41. The van der Waals surface area contributed by atoms with E-state index in [-0.39, 0.29) is 0 Å². The van der Waals surface area contributed by atoms with Crippen molar-refractivity contribution < 1.29 is 17.6 Å². The molecule has 0 unspecified atom stereocenters. The fourth-order valence-electron chi connectivity index (χ4n) is 0.195. The zero-order chi connectivity index (χ0) is 9.65. The van der Waals surface area contributed by atoms with E-state index in [1.807, 2.05) is 13.8 Å². The molecular formula is C6H9ClF4. The van der Waals surface area contributed by atoms with E-state index in [0.717, 1.165) is 6.92 Å². The molecule has 0 aromatic rings. The molecule has 0 bridgehead atoms. The highest BCUT2D eigenvalue weighted by Crippen LogP contribution is 2.30. The quantitative estimate of drug-likeness (QED) is 0.509. The van der Waals surface area contributed by atoms with E-state index in [0.29, 0.717) is 0 Å². The van der Waals surface area contributed by atoms with Crippen molar-refractivity contribution in [1.82, 2.24) is 0 Å². The molecule has 0 amide bonds. The van der Waals surface area contributed by atoms with E-state index in [1.54, 1.807) is 0 Å². The molecule has 5 heteroatoms. The SMILES string of the molecule is C/C(Cl)=C(/F)C(F)(F)F.CC. The minimum absolute atomic E-state index is 0.838. The van der Waals surface area contributed by atoms with Gasteiger partial charge < -0.3 is 0 Å². The highest BCUT2D eigenvalue weighted by atomic mass is 35.5. The Hall–Kier alpha value is -0.250. The van der Waals surface area contributed by atoms with Crippen LogP contribution in [0.2, 0.25) is 0 Å². The lowest BCUT2D eigenvalue weighted by Crippen LogP contribution is -2.08. The Labute approximate surface area is 67.8 Å². The molecule has 0 N–H and O–H groups in total. The third-order valence-electron chi connectivity index (χ3n) is 0.551. The third kappa shape index (κ3) is 6.16. The van der Waals surface area contributed by atoms with Gasteiger partial charge in [-0.2, -0.15) is 13.2 Å². The minimum atomic E-state index is -4.94. The molecule has 0 saturated carbocycles. The van der Waals surface area contributed by atoms with Gasteiger partial charge in [0.1, 0.15) is 0 Å². The predicted molar refractivity (Wildman–Crippen MR) is 37.1 cm³/mol. The molecule has 0 saturated heterocycles. The minimum Gasteiger partial charge on any atom is -0.200 e. The van der Waals surface area contributed by atoms with Gasteiger partial charge in [-0.15, -0.1) is 0 Å². The van der Waals surface area contributed by atoms with Gasteiger partial charge in [-0.05, 0) is 6.92 Å². The number of halogens is 5. The van der Waals surface area contributed by atoms with Crippen molar-refractivity contribution in [2.75, 3.05) is 0 Å². The summed E-state index contributed by atoms with van der Waals surface area (Å²) in [6.07, 6.45) is -4.94. The second-order valence-corrected chi connectivity index (χ2v) is 1.91. The van der Waals surface area contributed by atoms with Gasteiger partial charge in [-0.25, -0.2) is 4.39 Å². The molecule has 0 rings (SSSR count). The summed E-state index contributed by atoms with van der Waals surface area (Å²) in [6, 6.07) is 0. The largest absolute Gasteiger partial charge is 0.444 e. The highest BCUT2D eigenvalue weighted by Gasteiger charge is 2.35. The molecule has 0 heterocycles. The van der Waals surface area contributed by atoms with Gasteiger partial charge in [-0.3, -0.25) is 0 Å². The van der Waals surface area contributed by atoms with E-state index in [2.05, 4.69) is 0 Å². The van der Waals surface area contributed by atoms with E-state index in [9.17, 15) is 17.6 Å². The van der Waals surface area contributed by atoms with Crippen molar-refractivity contribution in [2.45, 2.75) is 26.9 Å². The second-order valence-electron chi connectivity index (χ2n) is 1.35. The van der Waals surface area contributed by atoms with Crippen LogP contribution >= 0.6 is 11.6 Å². The molecule has 0 nitrogen and oxygen atoms in total. The molecule has 0 aliphatic heterocycles. The normalized spacial score (nSPS) is 13.1. The van der Waals surface area contributed by atoms with E-state index < -0.39 is 17.0 Å². The summed E-state index contributed by atoms with van der Waals surface area (Å²) in [6.45, 7) is 4.84. The van der Waals surface area contributed by atoms with Gasteiger partial charge in [0.2, 0.25) is 5.83 Å². The van der Waals surface area contributed by atoms with Gasteiger partial charge in [0.25, 0.3) is 0 Å². The van der Waals surface area contributed by atoms with Crippen molar-refractivity contribution in [3.8, 4) is 0 Å².